The Hall–Kier alpha value is -0.430. The molecular weight excluding hydrogens is 304 g/mol. The Morgan fingerprint density at radius 3 is 2.52 bits per heavy atom. The minimum absolute atomic E-state index is 0.0868. The minimum Gasteiger partial charge on any atom is -0.329 e. The van der Waals surface area contributed by atoms with Crippen LogP contribution in [0.4, 0.5) is 0 Å². The zero-order chi connectivity index (χ0) is 15.8. The van der Waals surface area contributed by atoms with E-state index in [-0.39, 0.29) is 23.3 Å². The molecule has 21 heavy (non-hydrogen) atoms. The number of nitrogens with zero attached hydrogens (tertiary/aromatic N) is 1. The fourth-order valence-electron chi connectivity index (χ4n) is 2.77. The lowest BCUT2D eigenvalue weighted by Crippen LogP contribution is -2.39. The molecule has 4 nitrogen and oxygen atoms in total. The van der Waals surface area contributed by atoms with Crippen molar-refractivity contribution >= 4 is 21.2 Å². The maximum Gasteiger partial charge on any atom is 0.151 e. The molecule has 1 fully saturated rings. The van der Waals surface area contributed by atoms with Gasteiger partial charge in [-0.1, -0.05) is 20.8 Å². The maximum absolute atomic E-state index is 11.7. The molecule has 1 aliphatic heterocycles. The summed E-state index contributed by atoms with van der Waals surface area (Å²) in [6.45, 7) is 7.12. The van der Waals surface area contributed by atoms with Crippen molar-refractivity contribution in [3.63, 3.8) is 0 Å². The van der Waals surface area contributed by atoms with E-state index in [1.165, 1.54) is 9.75 Å². The minimum atomic E-state index is -2.86. The van der Waals surface area contributed by atoms with E-state index in [4.69, 9.17) is 5.73 Å². The molecule has 0 aromatic carbocycles. The van der Waals surface area contributed by atoms with E-state index in [9.17, 15) is 8.42 Å². The van der Waals surface area contributed by atoms with Gasteiger partial charge in [0, 0.05) is 22.3 Å². The Kier molecular flexibility index (Phi) is 4.83. The van der Waals surface area contributed by atoms with Crippen LogP contribution in [0.2, 0.25) is 0 Å². The van der Waals surface area contributed by atoms with Crippen LogP contribution in [0.15, 0.2) is 12.1 Å². The van der Waals surface area contributed by atoms with E-state index < -0.39 is 9.84 Å². The molecule has 1 aromatic heterocycles. The molecule has 0 saturated carbocycles. The molecule has 0 radical (unpaired) electrons. The average molecular weight is 331 g/mol. The Balaban J connectivity index is 2.18. The first-order valence-electron chi connectivity index (χ1n) is 7.36. The summed E-state index contributed by atoms with van der Waals surface area (Å²) >= 11 is 1.79. The summed E-state index contributed by atoms with van der Waals surface area (Å²) in [6.07, 6.45) is 0.715. The van der Waals surface area contributed by atoms with Crippen molar-refractivity contribution in [1.29, 1.82) is 0 Å². The number of hydrogen-bond acceptors (Lipinski definition) is 5. The highest BCUT2D eigenvalue weighted by atomic mass is 32.2. The van der Waals surface area contributed by atoms with Gasteiger partial charge in [-0.05, 0) is 31.0 Å². The van der Waals surface area contributed by atoms with Crippen LogP contribution < -0.4 is 5.73 Å². The Labute approximate surface area is 132 Å². The summed E-state index contributed by atoms with van der Waals surface area (Å²) in [5.41, 5.74) is 6.11. The molecule has 6 heteroatoms. The molecule has 1 saturated heterocycles. The van der Waals surface area contributed by atoms with Crippen LogP contribution in [0, 0.1) is 0 Å². The SMILES string of the molecule is CN(C1CCS(=O)(=O)C1)C(CN)c1ccc(C(C)(C)C)s1. The number of likely N-dealkylation sites (N-methyl/N-ethyl adjacent to an activating group) is 1. The van der Waals surface area contributed by atoms with Gasteiger partial charge < -0.3 is 5.73 Å². The normalized spacial score (nSPS) is 23.6. The third-order valence-corrected chi connectivity index (χ3v) is 7.56. The number of rotatable bonds is 4. The highest BCUT2D eigenvalue weighted by Gasteiger charge is 2.34. The van der Waals surface area contributed by atoms with Crippen molar-refractivity contribution in [3.8, 4) is 0 Å². The lowest BCUT2D eigenvalue weighted by Gasteiger charge is -2.31. The van der Waals surface area contributed by atoms with E-state index in [0.717, 1.165) is 0 Å². The number of hydrogen-bond donors (Lipinski definition) is 1. The first kappa shape index (κ1) is 16.9. The first-order valence-corrected chi connectivity index (χ1v) is 10.0. The summed E-state index contributed by atoms with van der Waals surface area (Å²) in [5.74, 6) is 0.564. The van der Waals surface area contributed by atoms with E-state index in [1.54, 1.807) is 11.3 Å². The zero-order valence-corrected chi connectivity index (χ0v) is 14.9. The van der Waals surface area contributed by atoms with Gasteiger partial charge in [-0.2, -0.15) is 0 Å². The van der Waals surface area contributed by atoms with Gasteiger partial charge in [-0.3, -0.25) is 4.90 Å². The van der Waals surface area contributed by atoms with Crippen molar-refractivity contribution < 1.29 is 8.42 Å². The van der Waals surface area contributed by atoms with Gasteiger partial charge >= 0.3 is 0 Å². The molecule has 0 bridgehead atoms. The third-order valence-electron chi connectivity index (χ3n) is 4.19. The fourth-order valence-corrected chi connectivity index (χ4v) is 5.79. The van der Waals surface area contributed by atoms with Crippen LogP contribution >= 0.6 is 11.3 Å². The molecular formula is C15H26N2O2S2. The summed E-state index contributed by atoms with van der Waals surface area (Å²) in [4.78, 5) is 4.72. The first-order chi connectivity index (χ1) is 9.64. The van der Waals surface area contributed by atoms with Crippen LogP contribution in [0.1, 0.15) is 43.0 Å². The fraction of sp³-hybridized carbons (Fsp3) is 0.733. The van der Waals surface area contributed by atoms with Crippen LogP contribution in [0.3, 0.4) is 0 Å². The van der Waals surface area contributed by atoms with Gasteiger partial charge in [0.05, 0.1) is 17.5 Å². The lowest BCUT2D eigenvalue weighted by atomic mass is 9.95. The number of nitrogens with two attached hydrogens (primary N) is 1. The Bertz CT molecular complexity index is 587. The van der Waals surface area contributed by atoms with Gasteiger partial charge in [-0.25, -0.2) is 8.42 Å². The van der Waals surface area contributed by atoms with Crippen LogP contribution in [0.5, 0.6) is 0 Å². The molecule has 2 atom stereocenters. The molecule has 1 aliphatic rings. The summed E-state index contributed by atoms with van der Waals surface area (Å²) in [6, 6.07) is 4.50. The van der Waals surface area contributed by atoms with Gasteiger partial charge in [0.1, 0.15) is 0 Å². The van der Waals surface area contributed by atoms with Gasteiger partial charge in [0.25, 0.3) is 0 Å². The van der Waals surface area contributed by atoms with Gasteiger partial charge in [0.2, 0.25) is 0 Å². The predicted molar refractivity (Wildman–Crippen MR) is 89.6 cm³/mol. The molecule has 0 amide bonds. The van der Waals surface area contributed by atoms with E-state index in [1.807, 2.05) is 7.05 Å². The van der Waals surface area contributed by atoms with Crippen LogP contribution in [-0.2, 0) is 15.3 Å². The van der Waals surface area contributed by atoms with Gasteiger partial charge in [-0.15, -0.1) is 11.3 Å². The van der Waals surface area contributed by atoms with Crippen molar-refractivity contribution in [2.75, 3.05) is 25.1 Å². The topological polar surface area (TPSA) is 63.4 Å². The monoisotopic (exact) mass is 330 g/mol. The van der Waals surface area contributed by atoms with Crippen molar-refractivity contribution in [2.45, 2.75) is 44.7 Å². The summed E-state index contributed by atoms with van der Waals surface area (Å²) in [5, 5.41) is 0. The summed E-state index contributed by atoms with van der Waals surface area (Å²) in [7, 11) is -0.862. The quantitative estimate of drug-likeness (QED) is 0.919. The second-order valence-corrected chi connectivity index (χ2v) is 10.3. The second kappa shape index (κ2) is 5.99. The highest BCUT2D eigenvalue weighted by molar-refractivity contribution is 7.91. The van der Waals surface area contributed by atoms with E-state index in [2.05, 4.69) is 37.8 Å². The van der Waals surface area contributed by atoms with E-state index in [0.29, 0.717) is 18.7 Å². The highest BCUT2D eigenvalue weighted by Crippen LogP contribution is 2.35. The standard InChI is InChI=1S/C15H26N2O2S2/c1-15(2,3)14-6-5-13(20-14)12(9-16)17(4)11-7-8-21(18,19)10-11/h5-6,11-12H,7-10,16H2,1-4H3. The molecule has 2 unspecified atom stereocenters. The molecule has 0 aliphatic carbocycles. The van der Waals surface area contributed by atoms with Crippen molar-refractivity contribution in [3.05, 3.63) is 21.9 Å². The van der Waals surface area contributed by atoms with Crippen LogP contribution in [0.25, 0.3) is 0 Å². The van der Waals surface area contributed by atoms with E-state index >= 15 is 0 Å². The third kappa shape index (κ3) is 3.86. The number of thiophene rings is 1. The van der Waals surface area contributed by atoms with Gasteiger partial charge in [0.15, 0.2) is 9.84 Å². The summed E-state index contributed by atoms with van der Waals surface area (Å²) < 4.78 is 23.3. The molecule has 120 valence electrons. The smallest absolute Gasteiger partial charge is 0.151 e. The lowest BCUT2D eigenvalue weighted by molar-refractivity contribution is 0.195. The largest absolute Gasteiger partial charge is 0.329 e. The molecule has 2 heterocycles. The Morgan fingerprint density at radius 1 is 1.43 bits per heavy atom. The molecule has 2 rings (SSSR count). The van der Waals surface area contributed by atoms with Crippen molar-refractivity contribution in [1.82, 2.24) is 4.90 Å². The van der Waals surface area contributed by atoms with Crippen molar-refractivity contribution in [2.24, 2.45) is 5.73 Å². The average Bonchev–Trinajstić information content (AvgIpc) is 2.96. The number of sulfone groups is 1. The molecule has 2 N–H and O–H groups in total. The van der Waals surface area contributed by atoms with Crippen LogP contribution in [-0.4, -0.2) is 44.5 Å². The molecule has 1 aromatic rings. The maximum atomic E-state index is 11.7. The molecule has 0 spiro atoms. The predicted octanol–water partition coefficient (Wildman–Crippen LogP) is 2.16. The second-order valence-electron chi connectivity index (χ2n) is 6.93. The Morgan fingerprint density at radius 2 is 2.10 bits per heavy atom. The zero-order valence-electron chi connectivity index (χ0n) is 13.3.